The Hall–Kier alpha value is -2.11. The number of allylic oxidation sites excluding steroid dienone is 3. The number of aliphatic carboxylic acids is 1. The summed E-state index contributed by atoms with van der Waals surface area (Å²) in [4.78, 5) is 34.5. The summed E-state index contributed by atoms with van der Waals surface area (Å²) in [6.07, 6.45) is 37.8. The van der Waals surface area contributed by atoms with Gasteiger partial charge in [-0.3, -0.25) is 14.4 Å². The first-order valence-electron chi connectivity index (χ1n) is 18.0. The molecule has 0 heterocycles. The van der Waals surface area contributed by atoms with Crippen molar-refractivity contribution in [2.75, 3.05) is 6.54 Å². The molecule has 0 aromatic rings. The van der Waals surface area contributed by atoms with Crippen LogP contribution in [0.3, 0.4) is 0 Å². The predicted octanol–water partition coefficient (Wildman–Crippen LogP) is 10.4. The first-order chi connectivity index (χ1) is 21.0. The number of hydrogen-bond donors (Lipinski definition) is 2. The summed E-state index contributed by atoms with van der Waals surface area (Å²) >= 11 is 0. The normalized spacial score (nSPS) is 12.2. The summed E-state index contributed by atoms with van der Waals surface area (Å²) in [7, 11) is 0. The number of nitrogens with one attached hydrogen (secondary N) is 1. The van der Waals surface area contributed by atoms with E-state index in [1.807, 2.05) is 6.08 Å². The summed E-state index contributed by atoms with van der Waals surface area (Å²) in [6, 6.07) is 0. The van der Waals surface area contributed by atoms with Crippen molar-refractivity contribution in [3.05, 3.63) is 24.3 Å². The van der Waals surface area contributed by atoms with Crippen molar-refractivity contribution < 1.29 is 24.2 Å². The summed E-state index contributed by atoms with van der Waals surface area (Å²) in [6.45, 7) is 4.08. The third-order valence-electron chi connectivity index (χ3n) is 7.81. The van der Waals surface area contributed by atoms with Crippen LogP contribution in [-0.4, -0.2) is 35.6 Å². The molecule has 0 aromatic heterocycles. The third-order valence-corrected chi connectivity index (χ3v) is 7.81. The van der Waals surface area contributed by atoms with Crippen LogP contribution < -0.4 is 5.32 Å². The molecule has 0 aliphatic carbocycles. The second-order valence-corrected chi connectivity index (χ2v) is 12.1. The number of unbranched alkanes of at least 4 members (excludes halogenated alkanes) is 19. The molecule has 2 N–H and O–H groups in total. The molecule has 1 amide bonds. The van der Waals surface area contributed by atoms with E-state index in [-0.39, 0.29) is 24.5 Å². The van der Waals surface area contributed by atoms with Crippen LogP contribution in [-0.2, 0) is 19.1 Å². The number of carbonyl (C=O) groups excluding carboxylic acids is 2. The summed E-state index contributed by atoms with van der Waals surface area (Å²) < 4.78 is 5.78. The molecule has 0 aliphatic rings. The Morgan fingerprint density at radius 3 is 1.67 bits per heavy atom. The lowest BCUT2D eigenvalue weighted by molar-refractivity contribution is -0.147. The fourth-order valence-electron chi connectivity index (χ4n) is 5.13. The Kier molecular flexibility index (Phi) is 31.2. The van der Waals surface area contributed by atoms with Gasteiger partial charge in [0.05, 0.1) is 0 Å². The number of carboxylic acids is 1. The molecule has 1 atom stereocenters. The fourth-order valence-corrected chi connectivity index (χ4v) is 5.13. The van der Waals surface area contributed by atoms with Gasteiger partial charge in [-0.2, -0.15) is 0 Å². The molecule has 250 valence electrons. The maximum absolute atomic E-state index is 12.4. The van der Waals surface area contributed by atoms with E-state index in [0.717, 1.165) is 57.8 Å². The van der Waals surface area contributed by atoms with Crippen LogP contribution in [0.2, 0.25) is 0 Å². The van der Waals surface area contributed by atoms with Crippen LogP contribution in [0.4, 0.5) is 0 Å². The van der Waals surface area contributed by atoms with Gasteiger partial charge in [0.25, 0.3) is 0 Å². The molecule has 6 nitrogen and oxygen atoms in total. The quantitative estimate of drug-likeness (QED) is 0.0452. The van der Waals surface area contributed by atoms with Gasteiger partial charge in [0.1, 0.15) is 12.6 Å². The molecule has 0 radical (unpaired) electrons. The van der Waals surface area contributed by atoms with Gasteiger partial charge in [0.15, 0.2) is 0 Å². The van der Waals surface area contributed by atoms with Gasteiger partial charge in [-0.1, -0.05) is 128 Å². The van der Waals surface area contributed by atoms with Gasteiger partial charge in [-0.15, -0.1) is 0 Å². The summed E-state index contributed by atoms with van der Waals surface area (Å²) in [5, 5.41) is 11.0. The molecule has 0 saturated heterocycles. The number of ether oxygens (including phenoxy) is 1. The Morgan fingerprint density at radius 2 is 1.12 bits per heavy atom. The molecule has 0 saturated carbocycles. The molecular weight excluding hydrogens is 538 g/mol. The Bertz CT molecular complexity index is 718. The van der Waals surface area contributed by atoms with Gasteiger partial charge in [-0.25, -0.2) is 0 Å². The van der Waals surface area contributed by atoms with E-state index in [2.05, 4.69) is 37.4 Å². The van der Waals surface area contributed by atoms with Crippen molar-refractivity contribution in [3.8, 4) is 0 Å². The first kappa shape index (κ1) is 40.9. The molecule has 1 unspecified atom stereocenters. The van der Waals surface area contributed by atoms with Gasteiger partial charge in [-0.05, 0) is 63.9 Å². The van der Waals surface area contributed by atoms with Gasteiger partial charge in [0.2, 0.25) is 5.91 Å². The molecule has 0 fully saturated rings. The number of hydrogen-bond acceptors (Lipinski definition) is 4. The van der Waals surface area contributed by atoms with Crippen molar-refractivity contribution in [3.63, 3.8) is 0 Å². The second-order valence-electron chi connectivity index (χ2n) is 12.1. The summed E-state index contributed by atoms with van der Waals surface area (Å²) in [5.74, 6) is -1.34. The smallest absolute Gasteiger partial charge is 0.322 e. The van der Waals surface area contributed by atoms with Crippen molar-refractivity contribution >= 4 is 17.8 Å². The van der Waals surface area contributed by atoms with E-state index in [1.165, 1.54) is 96.3 Å². The lowest BCUT2D eigenvalue weighted by Gasteiger charge is -2.15. The van der Waals surface area contributed by atoms with Crippen molar-refractivity contribution in [2.45, 2.75) is 187 Å². The molecule has 0 aliphatic heterocycles. The maximum atomic E-state index is 12.4. The number of carbonyl (C=O) groups is 3. The van der Waals surface area contributed by atoms with Crippen LogP contribution >= 0.6 is 0 Å². The van der Waals surface area contributed by atoms with Crippen LogP contribution in [0, 0.1) is 0 Å². The molecule has 0 aromatic carbocycles. The zero-order valence-corrected chi connectivity index (χ0v) is 28.1. The monoisotopic (exact) mass is 606 g/mol. The van der Waals surface area contributed by atoms with Crippen LogP contribution in [0.5, 0.6) is 0 Å². The van der Waals surface area contributed by atoms with Crippen molar-refractivity contribution in [1.29, 1.82) is 0 Å². The Morgan fingerprint density at radius 1 is 0.605 bits per heavy atom. The molecule has 6 heteroatoms. The topological polar surface area (TPSA) is 92.7 Å². The predicted molar refractivity (Wildman–Crippen MR) is 180 cm³/mol. The molecular formula is C37H67NO5. The SMILES string of the molecule is CCC/C=C\C(CCCCCCC(=O)NCC(=O)O)OC(=O)CCCCCCCCCCC/C=C\CCCCCCCC. The zero-order valence-electron chi connectivity index (χ0n) is 28.1. The van der Waals surface area contributed by atoms with Gasteiger partial charge < -0.3 is 15.2 Å². The Labute approximate surface area is 264 Å². The zero-order chi connectivity index (χ0) is 31.6. The first-order valence-corrected chi connectivity index (χ1v) is 18.0. The maximum Gasteiger partial charge on any atom is 0.322 e. The minimum absolute atomic E-state index is 0.0951. The highest BCUT2D eigenvalue weighted by Gasteiger charge is 2.11. The Balaban J connectivity index is 3.76. The van der Waals surface area contributed by atoms with E-state index in [4.69, 9.17) is 9.84 Å². The molecule has 43 heavy (non-hydrogen) atoms. The number of rotatable bonds is 32. The minimum atomic E-state index is -1.03. The van der Waals surface area contributed by atoms with E-state index in [9.17, 15) is 14.4 Å². The average Bonchev–Trinajstić information content (AvgIpc) is 2.98. The van der Waals surface area contributed by atoms with E-state index in [1.54, 1.807) is 0 Å². The fraction of sp³-hybridized carbons (Fsp3) is 0.811. The molecule has 0 rings (SSSR count). The lowest BCUT2D eigenvalue weighted by atomic mass is 10.1. The van der Waals surface area contributed by atoms with E-state index >= 15 is 0 Å². The van der Waals surface area contributed by atoms with E-state index < -0.39 is 5.97 Å². The van der Waals surface area contributed by atoms with Gasteiger partial charge >= 0.3 is 11.9 Å². The van der Waals surface area contributed by atoms with Crippen LogP contribution in [0.25, 0.3) is 0 Å². The van der Waals surface area contributed by atoms with E-state index in [0.29, 0.717) is 12.8 Å². The number of esters is 1. The molecule has 0 spiro atoms. The standard InChI is InChI=1S/C37H67NO5/c1-3-5-7-8-9-10-11-12-13-14-15-16-17-18-19-20-21-22-28-32-37(42)43-34(29-25-6-4-2)30-26-23-24-27-31-35(39)38-33-36(40)41/h12-13,25,29,34H,3-11,14-24,26-28,30-33H2,1-2H3,(H,38,39)(H,40,41)/b13-12-,29-25-. The number of amides is 1. The lowest BCUT2D eigenvalue weighted by Crippen LogP contribution is -2.28. The summed E-state index contributed by atoms with van der Waals surface area (Å²) in [5.41, 5.74) is 0. The minimum Gasteiger partial charge on any atom is -0.480 e. The second kappa shape index (κ2) is 32.8. The van der Waals surface area contributed by atoms with Crippen LogP contribution in [0.15, 0.2) is 24.3 Å². The van der Waals surface area contributed by atoms with Gasteiger partial charge in [0, 0.05) is 12.8 Å². The van der Waals surface area contributed by atoms with Crippen molar-refractivity contribution in [2.24, 2.45) is 0 Å². The number of carboxylic acid groups (broad SMARTS) is 1. The molecule has 0 bridgehead atoms. The average molecular weight is 606 g/mol. The largest absolute Gasteiger partial charge is 0.480 e. The highest BCUT2D eigenvalue weighted by molar-refractivity contribution is 5.80. The van der Waals surface area contributed by atoms with Crippen LogP contribution in [0.1, 0.15) is 181 Å². The van der Waals surface area contributed by atoms with Crippen molar-refractivity contribution in [1.82, 2.24) is 5.32 Å². The highest BCUT2D eigenvalue weighted by atomic mass is 16.5. The third kappa shape index (κ3) is 32.6. The highest BCUT2D eigenvalue weighted by Crippen LogP contribution is 2.15.